The normalized spacial score (nSPS) is 15.3. The second-order valence-corrected chi connectivity index (χ2v) is 7.46. The van der Waals surface area contributed by atoms with Crippen LogP contribution in [-0.2, 0) is 11.3 Å². The second-order valence-electron chi connectivity index (χ2n) is 6.32. The Bertz CT molecular complexity index is 778. The van der Waals surface area contributed by atoms with E-state index in [4.69, 9.17) is 14.0 Å². The fraction of sp³-hybridized carbons (Fsp3) is 0.524. The summed E-state index contributed by atoms with van der Waals surface area (Å²) in [6, 6.07) is 7.02. The number of alkyl halides is 3. The van der Waals surface area contributed by atoms with Crippen molar-refractivity contribution in [3.05, 3.63) is 41.8 Å². The zero-order chi connectivity index (χ0) is 23.3. The zero-order valence-corrected chi connectivity index (χ0v) is 18.9. The van der Waals surface area contributed by atoms with Gasteiger partial charge in [-0.15, -0.1) is 0 Å². The molecule has 2 aromatic rings. The first-order chi connectivity index (χ1) is 14.8. The van der Waals surface area contributed by atoms with Gasteiger partial charge >= 0.3 is 5.51 Å². The number of ether oxygens (including phenoxy) is 2. The number of halogens is 3. The first-order valence-corrected chi connectivity index (χ1v) is 10.9. The summed E-state index contributed by atoms with van der Waals surface area (Å²) in [4.78, 5) is 11.5. The van der Waals surface area contributed by atoms with Crippen LogP contribution in [0.2, 0.25) is 0 Å². The van der Waals surface area contributed by atoms with Crippen LogP contribution in [-0.4, -0.2) is 36.3 Å². The van der Waals surface area contributed by atoms with E-state index in [1.165, 1.54) is 36.8 Å². The Balaban J connectivity index is 0.000000508. The molecule has 1 unspecified atom stereocenters. The van der Waals surface area contributed by atoms with Crippen LogP contribution in [0, 0.1) is 5.92 Å². The first kappa shape index (κ1) is 26.8. The van der Waals surface area contributed by atoms with Crippen LogP contribution in [0.4, 0.5) is 13.2 Å². The van der Waals surface area contributed by atoms with Crippen molar-refractivity contribution >= 4 is 17.7 Å². The summed E-state index contributed by atoms with van der Waals surface area (Å²) < 4.78 is 52.3. The molecule has 1 aromatic heterocycles. The van der Waals surface area contributed by atoms with Crippen LogP contribution in [0.1, 0.15) is 50.4 Å². The molecular formula is C21H29F3N2O4S. The van der Waals surface area contributed by atoms with Gasteiger partial charge in [-0.2, -0.15) is 13.2 Å². The van der Waals surface area contributed by atoms with Crippen molar-refractivity contribution in [2.45, 2.75) is 51.1 Å². The summed E-state index contributed by atoms with van der Waals surface area (Å²) in [7, 11) is 0. The standard InChI is InChI=1S/C14H13F3N2O3S.C5H10O.C2H6/c1-2-18-13(20)12-7-10(22-19-12)8-21-9-4-3-5-11(6-9)23-14(15,16)17;1-5-2-3-6-4-5;1-2/h3-7H,2,8H2,1H3,(H,18,20);5H,2-4H2,1H3;1-2H3. The molecule has 3 rings (SSSR count). The number of benzene rings is 1. The monoisotopic (exact) mass is 462 g/mol. The maximum atomic E-state index is 12.3. The van der Waals surface area contributed by atoms with Gasteiger partial charge in [0.25, 0.3) is 5.91 Å². The van der Waals surface area contributed by atoms with Gasteiger partial charge in [0.1, 0.15) is 12.4 Å². The largest absolute Gasteiger partial charge is 0.486 e. The molecule has 1 atom stereocenters. The molecule has 1 amide bonds. The molecule has 6 nitrogen and oxygen atoms in total. The molecule has 0 bridgehead atoms. The van der Waals surface area contributed by atoms with E-state index in [-0.39, 0.29) is 40.6 Å². The minimum absolute atomic E-state index is 0.0237. The highest BCUT2D eigenvalue weighted by molar-refractivity contribution is 8.00. The van der Waals surface area contributed by atoms with Crippen molar-refractivity contribution < 1.29 is 32.0 Å². The van der Waals surface area contributed by atoms with Crippen LogP contribution < -0.4 is 10.1 Å². The molecular weight excluding hydrogens is 433 g/mol. The van der Waals surface area contributed by atoms with E-state index in [1.54, 1.807) is 6.92 Å². The highest BCUT2D eigenvalue weighted by atomic mass is 32.2. The van der Waals surface area contributed by atoms with Crippen molar-refractivity contribution in [1.82, 2.24) is 10.5 Å². The predicted molar refractivity (Wildman–Crippen MR) is 113 cm³/mol. The van der Waals surface area contributed by atoms with Gasteiger partial charge < -0.3 is 19.3 Å². The number of nitrogens with zero attached hydrogens (tertiary/aromatic N) is 1. The van der Waals surface area contributed by atoms with E-state index in [0.717, 1.165) is 19.1 Å². The molecule has 0 spiro atoms. The molecule has 0 saturated carbocycles. The number of rotatable bonds is 6. The Morgan fingerprint density at radius 2 is 2.06 bits per heavy atom. The lowest BCUT2D eigenvalue weighted by Gasteiger charge is -2.08. The summed E-state index contributed by atoms with van der Waals surface area (Å²) >= 11 is -0.219. The summed E-state index contributed by atoms with van der Waals surface area (Å²) in [5.74, 6) is 1.01. The molecule has 1 aliphatic heterocycles. The Kier molecular flexibility index (Phi) is 12.1. The fourth-order valence-electron chi connectivity index (χ4n) is 2.31. The molecule has 0 radical (unpaired) electrons. The lowest BCUT2D eigenvalue weighted by molar-refractivity contribution is -0.0328. The van der Waals surface area contributed by atoms with Crippen LogP contribution in [0.3, 0.4) is 0 Å². The van der Waals surface area contributed by atoms with Gasteiger partial charge in [0.15, 0.2) is 11.5 Å². The number of amides is 1. The smallest absolute Gasteiger partial charge is 0.446 e. The number of thioether (sulfide) groups is 1. The molecule has 2 heterocycles. The number of hydrogen-bond donors (Lipinski definition) is 1. The third kappa shape index (κ3) is 11.1. The second kappa shape index (κ2) is 14.0. The Hall–Kier alpha value is -2.20. The molecule has 174 valence electrons. The number of carbonyl (C=O) groups is 1. The van der Waals surface area contributed by atoms with E-state index < -0.39 is 5.51 Å². The van der Waals surface area contributed by atoms with Crippen LogP contribution in [0.15, 0.2) is 39.8 Å². The van der Waals surface area contributed by atoms with Crippen LogP contribution in [0.5, 0.6) is 5.75 Å². The third-order valence-corrected chi connectivity index (χ3v) is 4.43. The average molecular weight is 463 g/mol. The predicted octanol–water partition coefficient (Wildman–Crippen LogP) is 5.68. The van der Waals surface area contributed by atoms with Gasteiger partial charge in [-0.1, -0.05) is 32.0 Å². The van der Waals surface area contributed by atoms with Crippen molar-refractivity contribution in [2.24, 2.45) is 5.92 Å². The quantitative estimate of drug-likeness (QED) is 0.557. The Morgan fingerprint density at radius 3 is 2.61 bits per heavy atom. The van der Waals surface area contributed by atoms with Gasteiger partial charge in [0, 0.05) is 30.7 Å². The van der Waals surface area contributed by atoms with E-state index in [1.807, 2.05) is 13.8 Å². The zero-order valence-electron chi connectivity index (χ0n) is 18.1. The minimum Gasteiger partial charge on any atom is -0.486 e. The highest BCUT2D eigenvalue weighted by Gasteiger charge is 2.29. The van der Waals surface area contributed by atoms with E-state index in [2.05, 4.69) is 17.4 Å². The maximum absolute atomic E-state index is 12.3. The summed E-state index contributed by atoms with van der Waals surface area (Å²) in [5.41, 5.74) is -4.24. The van der Waals surface area contributed by atoms with E-state index in [0.29, 0.717) is 12.3 Å². The van der Waals surface area contributed by atoms with Crippen molar-refractivity contribution in [1.29, 1.82) is 0 Å². The Labute approximate surface area is 184 Å². The molecule has 10 heteroatoms. The van der Waals surface area contributed by atoms with Gasteiger partial charge in [0.2, 0.25) is 0 Å². The molecule has 1 aliphatic rings. The molecule has 1 aromatic carbocycles. The summed E-state index contributed by atoms with van der Waals surface area (Å²) in [6.07, 6.45) is 1.26. The van der Waals surface area contributed by atoms with Crippen molar-refractivity contribution in [3.8, 4) is 5.75 Å². The minimum atomic E-state index is -4.36. The van der Waals surface area contributed by atoms with E-state index in [9.17, 15) is 18.0 Å². The first-order valence-electron chi connectivity index (χ1n) is 10.1. The van der Waals surface area contributed by atoms with Gasteiger partial charge in [-0.05, 0) is 49.2 Å². The fourth-order valence-corrected chi connectivity index (χ4v) is 2.90. The van der Waals surface area contributed by atoms with E-state index >= 15 is 0 Å². The molecule has 1 N–H and O–H groups in total. The van der Waals surface area contributed by atoms with Gasteiger partial charge in [-0.3, -0.25) is 4.79 Å². The maximum Gasteiger partial charge on any atom is 0.446 e. The lowest BCUT2D eigenvalue weighted by Crippen LogP contribution is -2.22. The highest BCUT2D eigenvalue weighted by Crippen LogP contribution is 2.37. The number of aromatic nitrogens is 1. The van der Waals surface area contributed by atoms with Crippen molar-refractivity contribution in [2.75, 3.05) is 19.8 Å². The summed E-state index contributed by atoms with van der Waals surface area (Å²) in [5, 5.41) is 6.16. The molecule has 0 aliphatic carbocycles. The average Bonchev–Trinajstić information content (AvgIpc) is 3.39. The number of carbonyl (C=O) groups excluding carboxylic acids is 1. The third-order valence-electron chi connectivity index (χ3n) is 3.71. The number of hydrogen-bond acceptors (Lipinski definition) is 6. The van der Waals surface area contributed by atoms with Gasteiger partial charge in [-0.25, -0.2) is 0 Å². The van der Waals surface area contributed by atoms with Crippen molar-refractivity contribution in [3.63, 3.8) is 0 Å². The number of nitrogens with one attached hydrogen (secondary N) is 1. The molecule has 1 fully saturated rings. The Morgan fingerprint density at radius 1 is 1.32 bits per heavy atom. The molecule has 1 saturated heterocycles. The topological polar surface area (TPSA) is 73.6 Å². The SMILES string of the molecule is CC.CC1CCOC1.CCNC(=O)c1cc(COc2cccc(SC(F)(F)F)c2)on1. The lowest BCUT2D eigenvalue weighted by atomic mass is 10.2. The van der Waals surface area contributed by atoms with Gasteiger partial charge in [0.05, 0.1) is 0 Å². The molecule has 31 heavy (non-hydrogen) atoms. The van der Waals surface area contributed by atoms with Crippen LogP contribution >= 0.6 is 11.8 Å². The summed E-state index contributed by atoms with van der Waals surface area (Å²) in [6.45, 7) is 10.4. The van der Waals surface area contributed by atoms with Crippen LogP contribution in [0.25, 0.3) is 0 Å².